The van der Waals surface area contributed by atoms with Crippen LogP contribution in [0.3, 0.4) is 0 Å². The fourth-order valence-corrected chi connectivity index (χ4v) is 1.82. The SMILES string of the molecule is O=C(Cl)c1cc(-c2cccnc2)ccc1C(F)(F)F. The van der Waals surface area contributed by atoms with E-state index in [4.69, 9.17) is 11.6 Å². The predicted octanol–water partition coefficient (Wildman–Crippen LogP) is 4.15. The third kappa shape index (κ3) is 2.93. The molecule has 0 atom stereocenters. The van der Waals surface area contributed by atoms with E-state index in [1.165, 1.54) is 12.3 Å². The second kappa shape index (κ2) is 5.01. The molecule has 1 aromatic carbocycles. The van der Waals surface area contributed by atoms with E-state index in [9.17, 15) is 18.0 Å². The fraction of sp³-hybridized carbons (Fsp3) is 0.0769. The molecule has 0 bridgehead atoms. The number of nitrogens with zero attached hydrogens (tertiary/aromatic N) is 1. The van der Waals surface area contributed by atoms with Crippen molar-refractivity contribution >= 4 is 16.8 Å². The lowest BCUT2D eigenvalue weighted by Gasteiger charge is -2.11. The highest BCUT2D eigenvalue weighted by Crippen LogP contribution is 2.34. The Labute approximate surface area is 111 Å². The number of pyridine rings is 1. The highest BCUT2D eigenvalue weighted by molar-refractivity contribution is 6.68. The van der Waals surface area contributed by atoms with Gasteiger partial charge in [-0.15, -0.1) is 0 Å². The molecule has 2 nitrogen and oxygen atoms in total. The normalized spacial score (nSPS) is 11.4. The number of halogens is 4. The average Bonchev–Trinajstić information content (AvgIpc) is 2.38. The Kier molecular flexibility index (Phi) is 3.57. The van der Waals surface area contributed by atoms with E-state index in [0.717, 1.165) is 12.1 Å². The molecule has 0 saturated heterocycles. The smallest absolute Gasteiger partial charge is 0.276 e. The third-order valence-electron chi connectivity index (χ3n) is 2.53. The zero-order valence-electron chi connectivity index (χ0n) is 9.41. The first-order chi connectivity index (χ1) is 8.89. The summed E-state index contributed by atoms with van der Waals surface area (Å²) < 4.78 is 38.2. The van der Waals surface area contributed by atoms with Gasteiger partial charge in [0.25, 0.3) is 5.24 Å². The summed E-state index contributed by atoms with van der Waals surface area (Å²) in [6.45, 7) is 0. The van der Waals surface area contributed by atoms with Gasteiger partial charge in [0.2, 0.25) is 0 Å². The van der Waals surface area contributed by atoms with Crippen molar-refractivity contribution in [2.24, 2.45) is 0 Å². The molecular weight excluding hydrogens is 279 g/mol. The first kappa shape index (κ1) is 13.5. The van der Waals surface area contributed by atoms with E-state index < -0.39 is 22.5 Å². The number of rotatable bonds is 2. The Balaban J connectivity index is 2.58. The van der Waals surface area contributed by atoms with Gasteiger partial charge in [-0.05, 0) is 35.4 Å². The van der Waals surface area contributed by atoms with Gasteiger partial charge < -0.3 is 0 Å². The molecule has 0 unspecified atom stereocenters. The lowest BCUT2D eigenvalue weighted by Crippen LogP contribution is -2.10. The van der Waals surface area contributed by atoms with Crippen molar-refractivity contribution in [3.05, 3.63) is 53.9 Å². The molecule has 2 rings (SSSR count). The van der Waals surface area contributed by atoms with Gasteiger partial charge in [-0.2, -0.15) is 13.2 Å². The molecule has 98 valence electrons. The van der Waals surface area contributed by atoms with E-state index in [-0.39, 0.29) is 0 Å². The van der Waals surface area contributed by atoms with Crippen LogP contribution in [0.25, 0.3) is 11.1 Å². The van der Waals surface area contributed by atoms with Gasteiger partial charge in [0, 0.05) is 23.5 Å². The van der Waals surface area contributed by atoms with Crippen LogP contribution in [-0.2, 0) is 6.18 Å². The van der Waals surface area contributed by atoms with Gasteiger partial charge >= 0.3 is 6.18 Å². The molecular formula is C13H7ClF3NO. The van der Waals surface area contributed by atoms with Crippen LogP contribution in [0, 0.1) is 0 Å². The standard InChI is InChI=1S/C13H7ClF3NO/c14-12(19)10-6-8(9-2-1-5-18-7-9)3-4-11(10)13(15,16)17/h1-7H. The molecule has 6 heteroatoms. The molecule has 0 aliphatic carbocycles. The summed E-state index contributed by atoms with van der Waals surface area (Å²) in [4.78, 5) is 15.0. The molecule has 0 N–H and O–H groups in total. The Hall–Kier alpha value is -1.88. The minimum absolute atomic E-state index is 0.449. The number of hydrogen-bond donors (Lipinski definition) is 0. The molecule has 2 aromatic rings. The summed E-state index contributed by atoms with van der Waals surface area (Å²) in [5.74, 6) is 0. The van der Waals surface area contributed by atoms with E-state index in [0.29, 0.717) is 11.1 Å². The van der Waals surface area contributed by atoms with Crippen LogP contribution >= 0.6 is 11.6 Å². The van der Waals surface area contributed by atoms with Crippen molar-refractivity contribution in [2.45, 2.75) is 6.18 Å². The van der Waals surface area contributed by atoms with E-state index in [2.05, 4.69) is 4.98 Å². The van der Waals surface area contributed by atoms with Crippen LogP contribution in [0.2, 0.25) is 0 Å². The fourth-order valence-electron chi connectivity index (χ4n) is 1.67. The maximum atomic E-state index is 12.7. The largest absolute Gasteiger partial charge is 0.417 e. The zero-order valence-corrected chi connectivity index (χ0v) is 10.2. The van der Waals surface area contributed by atoms with Crippen LogP contribution in [0.4, 0.5) is 13.2 Å². The number of aromatic nitrogens is 1. The topological polar surface area (TPSA) is 30.0 Å². The summed E-state index contributed by atoms with van der Waals surface area (Å²) >= 11 is 5.22. The quantitative estimate of drug-likeness (QED) is 0.776. The van der Waals surface area contributed by atoms with Crippen molar-refractivity contribution in [1.82, 2.24) is 4.98 Å². The second-order valence-electron chi connectivity index (χ2n) is 3.77. The summed E-state index contributed by atoms with van der Waals surface area (Å²) in [6.07, 6.45) is -1.58. The molecule has 19 heavy (non-hydrogen) atoms. The number of alkyl halides is 3. The molecule has 1 aromatic heterocycles. The number of benzene rings is 1. The Bertz CT molecular complexity index is 611. The van der Waals surface area contributed by atoms with E-state index in [1.54, 1.807) is 18.3 Å². The third-order valence-corrected chi connectivity index (χ3v) is 2.74. The minimum atomic E-state index is -4.62. The average molecular weight is 286 g/mol. The summed E-state index contributed by atoms with van der Waals surface area (Å²) in [6, 6.07) is 6.57. The van der Waals surface area contributed by atoms with Crippen LogP contribution in [-0.4, -0.2) is 10.2 Å². The van der Waals surface area contributed by atoms with Crippen LogP contribution < -0.4 is 0 Å². The molecule has 0 fully saturated rings. The van der Waals surface area contributed by atoms with Gasteiger partial charge in [0.15, 0.2) is 0 Å². The second-order valence-corrected chi connectivity index (χ2v) is 4.12. The molecule has 0 radical (unpaired) electrons. The van der Waals surface area contributed by atoms with Gasteiger partial charge in [0.05, 0.1) is 5.56 Å². The summed E-state index contributed by atoms with van der Waals surface area (Å²) in [5.41, 5.74) is -0.545. The number of carbonyl (C=O) groups excluding carboxylic acids is 1. The van der Waals surface area contributed by atoms with Gasteiger partial charge in [-0.3, -0.25) is 9.78 Å². The van der Waals surface area contributed by atoms with Gasteiger partial charge in [-0.1, -0.05) is 12.1 Å². The Morgan fingerprint density at radius 3 is 2.42 bits per heavy atom. The monoisotopic (exact) mass is 285 g/mol. The van der Waals surface area contributed by atoms with Crippen LogP contribution in [0.5, 0.6) is 0 Å². The van der Waals surface area contributed by atoms with Crippen molar-refractivity contribution in [1.29, 1.82) is 0 Å². The Morgan fingerprint density at radius 1 is 1.16 bits per heavy atom. The molecule has 1 heterocycles. The van der Waals surface area contributed by atoms with E-state index in [1.807, 2.05) is 0 Å². The van der Waals surface area contributed by atoms with Crippen molar-refractivity contribution < 1.29 is 18.0 Å². The summed E-state index contributed by atoms with van der Waals surface area (Å²) in [5, 5.41) is -1.14. The van der Waals surface area contributed by atoms with Crippen molar-refractivity contribution in [3.8, 4) is 11.1 Å². The molecule has 0 saturated carbocycles. The zero-order chi connectivity index (χ0) is 14.0. The summed E-state index contributed by atoms with van der Waals surface area (Å²) in [7, 11) is 0. The van der Waals surface area contributed by atoms with Crippen LogP contribution in [0.15, 0.2) is 42.7 Å². The van der Waals surface area contributed by atoms with Gasteiger partial charge in [-0.25, -0.2) is 0 Å². The van der Waals surface area contributed by atoms with E-state index >= 15 is 0 Å². The molecule has 0 aliphatic heterocycles. The molecule has 0 spiro atoms. The number of hydrogen-bond acceptors (Lipinski definition) is 2. The van der Waals surface area contributed by atoms with Crippen molar-refractivity contribution in [2.75, 3.05) is 0 Å². The highest BCUT2D eigenvalue weighted by atomic mass is 35.5. The highest BCUT2D eigenvalue weighted by Gasteiger charge is 2.34. The first-order valence-electron chi connectivity index (χ1n) is 5.21. The maximum absolute atomic E-state index is 12.7. The maximum Gasteiger partial charge on any atom is 0.417 e. The number of carbonyl (C=O) groups is 1. The van der Waals surface area contributed by atoms with Gasteiger partial charge in [0.1, 0.15) is 0 Å². The van der Waals surface area contributed by atoms with Crippen LogP contribution in [0.1, 0.15) is 15.9 Å². The lowest BCUT2D eigenvalue weighted by atomic mass is 10.0. The first-order valence-corrected chi connectivity index (χ1v) is 5.59. The molecule has 0 aliphatic rings. The predicted molar refractivity (Wildman–Crippen MR) is 64.9 cm³/mol. The molecule has 0 amide bonds. The van der Waals surface area contributed by atoms with Crippen molar-refractivity contribution in [3.63, 3.8) is 0 Å². The Morgan fingerprint density at radius 2 is 1.89 bits per heavy atom. The lowest BCUT2D eigenvalue weighted by molar-refractivity contribution is -0.137. The minimum Gasteiger partial charge on any atom is -0.276 e.